The van der Waals surface area contributed by atoms with Gasteiger partial charge in [0.25, 0.3) is 0 Å². The number of carbonyl (C=O) groups is 2. The van der Waals surface area contributed by atoms with E-state index < -0.39 is 22.0 Å². The molecule has 1 unspecified atom stereocenters. The van der Waals surface area contributed by atoms with E-state index in [1.54, 1.807) is 43.3 Å². The predicted octanol–water partition coefficient (Wildman–Crippen LogP) is 2.01. The van der Waals surface area contributed by atoms with Crippen LogP contribution in [-0.2, 0) is 14.8 Å². The standard InChI is InChI=1S/C20H24N4O4S/c1-14(22-17-6-4-5-15(13-17)19(21)25)20(26)23-16-7-9-18(10-8-16)29(27,28)24-11-2-3-12-24/h4-10,13-14,22H,2-3,11-12H2,1H3,(H2,21,25)(H,23,26). The maximum atomic E-state index is 12.6. The van der Waals surface area contributed by atoms with Crippen LogP contribution in [0.15, 0.2) is 53.4 Å². The molecule has 0 saturated carbocycles. The number of sulfonamides is 1. The minimum atomic E-state index is -3.48. The van der Waals surface area contributed by atoms with Crippen LogP contribution in [0.25, 0.3) is 0 Å². The number of nitrogens with two attached hydrogens (primary N) is 1. The monoisotopic (exact) mass is 416 g/mol. The summed E-state index contributed by atoms with van der Waals surface area (Å²) >= 11 is 0. The fourth-order valence-electron chi connectivity index (χ4n) is 3.12. The van der Waals surface area contributed by atoms with E-state index in [1.165, 1.54) is 16.4 Å². The van der Waals surface area contributed by atoms with E-state index >= 15 is 0 Å². The SMILES string of the molecule is CC(Nc1cccc(C(N)=O)c1)C(=O)Nc1ccc(S(=O)(=O)N2CCCC2)cc1. The molecule has 2 aromatic rings. The van der Waals surface area contributed by atoms with Gasteiger partial charge in [-0.3, -0.25) is 9.59 Å². The molecule has 154 valence electrons. The smallest absolute Gasteiger partial charge is 0.248 e. The highest BCUT2D eigenvalue weighted by Gasteiger charge is 2.27. The maximum Gasteiger partial charge on any atom is 0.248 e. The third-order valence-corrected chi connectivity index (χ3v) is 6.66. The summed E-state index contributed by atoms with van der Waals surface area (Å²) in [6.07, 6.45) is 1.75. The first kappa shape index (κ1) is 20.8. The van der Waals surface area contributed by atoms with E-state index in [9.17, 15) is 18.0 Å². The molecule has 0 bridgehead atoms. The normalized spacial score (nSPS) is 15.6. The van der Waals surface area contributed by atoms with E-state index in [-0.39, 0.29) is 10.8 Å². The van der Waals surface area contributed by atoms with E-state index in [2.05, 4.69) is 10.6 Å². The zero-order chi connectivity index (χ0) is 21.0. The van der Waals surface area contributed by atoms with Crippen LogP contribution in [0.4, 0.5) is 11.4 Å². The molecule has 1 atom stereocenters. The van der Waals surface area contributed by atoms with Crippen molar-refractivity contribution in [1.82, 2.24) is 4.31 Å². The summed E-state index contributed by atoms with van der Waals surface area (Å²) in [5.41, 5.74) is 6.70. The Balaban J connectivity index is 1.63. The third kappa shape index (κ3) is 4.93. The number of primary amides is 1. The van der Waals surface area contributed by atoms with Crippen LogP contribution in [0, 0.1) is 0 Å². The number of nitrogens with zero attached hydrogens (tertiary/aromatic N) is 1. The van der Waals surface area contributed by atoms with Crippen molar-refractivity contribution < 1.29 is 18.0 Å². The summed E-state index contributed by atoms with van der Waals surface area (Å²) in [4.78, 5) is 23.9. The lowest BCUT2D eigenvalue weighted by Crippen LogP contribution is -2.32. The van der Waals surface area contributed by atoms with Crippen LogP contribution >= 0.6 is 0 Å². The lowest BCUT2D eigenvalue weighted by atomic mass is 10.1. The highest BCUT2D eigenvalue weighted by molar-refractivity contribution is 7.89. The molecule has 4 N–H and O–H groups in total. The summed E-state index contributed by atoms with van der Waals surface area (Å²) < 4.78 is 26.6. The Kier molecular flexibility index (Phi) is 6.19. The van der Waals surface area contributed by atoms with Crippen molar-refractivity contribution in [3.05, 3.63) is 54.1 Å². The van der Waals surface area contributed by atoms with Gasteiger partial charge in [-0.05, 0) is 62.2 Å². The van der Waals surface area contributed by atoms with Crippen molar-refractivity contribution in [3.63, 3.8) is 0 Å². The molecule has 1 fully saturated rings. The summed E-state index contributed by atoms with van der Waals surface area (Å²) in [7, 11) is -3.48. The van der Waals surface area contributed by atoms with Gasteiger partial charge in [-0.2, -0.15) is 4.31 Å². The van der Waals surface area contributed by atoms with Crippen LogP contribution in [0.2, 0.25) is 0 Å². The molecule has 2 aromatic carbocycles. The molecule has 1 saturated heterocycles. The van der Waals surface area contributed by atoms with Gasteiger partial charge in [0.1, 0.15) is 6.04 Å². The van der Waals surface area contributed by atoms with Gasteiger partial charge in [0.15, 0.2) is 0 Å². The van der Waals surface area contributed by atoms with Gasteiger partial charge in [-0.15, -0.1) is 0 Å². The first-order chi connectivity index (χ1) is 13.8. The lowest BCUT2D eigenvalue weighted by molar-refractivity contribution is -0.116. The Morgan fingerprint density at radius 3 is 2.31 bits per heavy atom. The van der Waals surface area contributed by atoms with Crippen LogP contribution < -0.4 is 16.4 Å². The van der Waals surface area contributed by atoms with Gasteiger partial charge < -0.3 is 16.4 Å². The Morgan fingerprint density at radius 1 is 1.03 bits per heavy atom. The number of rotatable bonds is 7. The quantitative estimate of drug-likeness (QED) is 0.637. The molecule has 1 heterocycles. The van der Waals surface area contributed by atoms with Crippen LogP contribution in [-0.4, -0.2) is 43.7 Å². The maximum absolute atomic E-state index is 12.6. The highest BCUT2D eigenvalue weighted by atomic mass is 32.2. The molecule has 8 nitrogen and oxygen atoms in total. The number of anilines is 2. The van der Waals surface area contributed by atoms with Crippen LogP contribution in [0.5, 0.6) is 0 Å². The van der Waals surface area contributed by atoms with Crippen molar-refractivity contribution in [2.24, 2.45) is 5.73 Å². The Morgan fingerprint density at radius 2 is 1.69 bits per heavy atom. The number of carbonyl (C=O) groups excluding carboxylic acids is 2. The van der Waals surface area contributed by atoms with Crippen molar-refractivity contribution >= 4 is 33.2 Å². The van der Waals surface area contributed by atoms with Gasteiger partial charge in [0.2, 0.25) is 21.8 Å². The molecule has 2 amide bonds. The average molecular weight is 417 g/mol. The summed E-state index contributed by atoms with van der Waals surface area (Å²) in [5.74, 6) is -0.848. The van der Waals surface area contributed by atoms with Crippen LogP contribution in [0.1, 0.15) is 30.1 Å². The summed E-state index contributed by atoms with van der Waals surface area (Å²) in [6.45, 7) is 2.76. The minimum Gasteiger partial charge on any atom is -0.374 e. The molecule has 0 spiro atoms. The lowest BCUT2D eigenvalue weighted by Gasteiger charge is -2.17. The number of amides is 2. The molecule has 0 aromatic heterocycles. The first-order valence-corrected chi connectivity index (χ1v) is 10.8. The second-order valence-corrected chi connectivity index (χ2v) is 8.87. The third-order valence-electron chi connectivity index (χ3n) is 4.75. The number of benzene rings is 2. The number of hydrogen-bond acceptors (Lipinski definition) is 5. The fraction of sp³-hybridized carbons (Fsp3) is 0.300. The van der Waals surface area contributed by atoms with Crippen LogP contribution in [0.3, 0.4) is 0 Å². The fourth-order valence-corrected chi connectivity index (χ4v) is 4.63. The molecule has 0 radical (unpaired) electrons. The number of nitrogens with one attached hydrogen (secondary N) is 2. The molecule has 29 heavy (non-hydrogen) atoms. The second-order valence-electron chi connectivity index (χ2n) is 6.94. The van der Waals surface area contributed by atoms with Gasteiger partial charge in [0, 0.05) is 30.0 Å². The van der Waals surface area contributed by atoms with Crippen molar-refractivity contribution in [2.45, 2.75) is 30.7 Å². The van der Waals surface area contributed by atoms with Crippen molar-refractivity contribution in [1.29, 1.82) is 0 Å². The van der Waals surface area contributed by atoms with Gasteiger partial charge in [-0.1, -0.05) is 6.07 Å². The average Bonchev–Trinajstić information content (AvgIpc) is 3.24. The zero-order valence-electron chi connectivity index (χ0n) is 16.1. The largest absolute Gasteiger partial charge is 0.374 e. The van der Waals surface area contributed by atoms with Crippen molar-refractivity contribution in [2.75, 3.05) is 23.7 Å². The number of hydrogen-bond donors (Lipinski definition) is 3. The van der Waals surface area contributed by atoms with Crippen molar-refractivity contribution in [3.8, 4) is 0 Å². The Labute approximate surface area is 170 Å². The minimum absolute atomic E-state index is 0.215. The van der Waals surface area contributed by atoms with E-state index in [0.717, 1.165) is 12.8 Å². The molecule has 1 aliphatic heterocycles. The predicted molar refractivity (Wildman–Crippen MR) is 111 cm³/mol. The van der Waals surface area contributed by atoms with Gasteiger partial charge in [-0.25, -0.2) is 8.42 Å². The first-order valence-electron chi connectivity index (χ1n) is 9.35. The summed E-state index contributed by atoms with van der Waals surface area (Å²) in [6, 6.07) is 12.1. The van der Waals surface area contributed by atoms with Gasteiger partial charge >= 0.3 is 0 Å². The van der Waals surface area contributed by atoms with E-state index in [4.69, 9.17) is 5.73 Å². The van der Waals surface area contributed by atoms with E-state index in [0.29, 0.717) is 30.0 Å². The topological polar surface area (TPSA) is 122 Å². The Bertz CT molecular complexity index is 999. The molecular formula is C20H24N4O4S. The van der Waals surface area contributed by atoms with E-state index in [1.807, 2.05) is 0 Å². The highest BCUT2D eigenvalue weighted by Crippen LogP contribution is 2.22. The Hall–Kier alpha value is -2.91. The zero-order valence-corrected chi connectivity index (χ0v) is 16.9. The molecular weight excluding hydrogens is 392 g/mol. The molecule has 9 heteroatoms. The molecule has 0 aliphatic carbocycles. The molecule has 1 aliphatic rings. The van der Waals surface area contributed by atoms with Gasteiger partial charge in [0.05, 0.1) is 4.90 Å². The summed E-state index contributed by atoms with van der Waals surface area (Å²) in [5, 5.41) is 5.75. The molecule has 3 rings (SSSR count). The second kappa shape index (κ2) is 8.62.